The molecule has 0 amide bonds. The van der Waals surface area contributed by atoms with Crippen molar-refractivity contribution in [2.45, 2.75) is 50.0 Å². The highest BCUT2D eigenvalue weighted by atomic mass is 28.4. The first-order valence-corrected chi connectivity index (χ1v) is 14.0. The van der Waals surface area contributed by atoms with Crippen molar-refractivity contribution in [2.75, 3.05) is 62.1 Å². The van der Waals surface area contributed by atoms with E-state index in [-0.39, 0.29) is 6.10 Å². The van der Waals surface area contributed by atoms with Crippen molar-refractivity contribution >= 4 is 17.6 Å². The predicted molar refractivity (Wildman–Crippen MR) is 110 cm³/mol. The van der Waals surface area contributed by atoms with E-state index >= 15 is 0 Å². The molecular formula is C18H38O9Si2. The molecule has 3 rings (SSSR count). The number of hydrogen-bond acceptors (Lipinski definition) is 9. The SMILES string of the molecule is CO[Si](CCC1CCC2OC2C1)(OC)OC.CO[Si](COCC1CO1)(OC)OC. The Balaban J connectivity index is 0.000000212. The first-order chi connectivity index (χ1) is 14.0. The van der Waals surface area contributed by atoms with E-state index in [0.29, 0.717) is 25.0 Å². The summed E-state index contributed by atoms with van der Waals surface area (Å²) in [4.78, 5) is 0. The van der Waals surface area contributed by atoms with E-state index in [9.17, 15) is 0 Å². The van der Waals surface area contributed by atoms with Gasteiger partial charge in [0.2, 0.25) is 0 Å². The third kappa shape index (κ3) is 7.93. The second-order valence-electron chi connectivity index (χ2n) is 7.49. The molecule has 4 atom stereocenters. The average Bonchev–Trinajstić information content (AvgIpc) is 3.69. The van der Waals surface area contributed by atoms with Gasteiger partial charge in [0.05, 0.1) is 25.4 Å². The molecule has 0 aromatic carbocycles. The molecule has 11 heteroatoms. The number of epoxide rings is 2. The summed E-state index contributed by atoms with van der Waals surface area (Å²) in [5, 5.41) is 0. The first-order valence-electron chi connectivity index (χ1n) is 10.1. The molecule has 3 fully saturated rings. The summed E-state index contributed by atoms with van der Waals surface area (Å²) in [5.74, 6) is 0.760. The van der Waals surface area contributed by atoms with Crippen LogP contribution in [-0.4, -0.2) is 98.0 Å². The van der Waals surface area contributed by atoms with Gasteiger partial charge in [-0.05, 0) is 31.6 Å². The molecule has 2 heterocycles. The normalized spacial score (nSPS) is 28.3. The molecule has 9 nitrogen and oxygen atoms in total. The van der Waals surface area contributed by atoms with Gasteiger partial charge in [-0.15, -0.1) is 0 Å². The van der Waals surface area contributed by atoms with Gasteiger partial charge in [0.1, 0.15) is 12.3 Å². The summed E-state index contributed by atoms with van der Waals surface area (Å²) in [7, 11) is 4.85. The summed E-state index contributed by atoms with van der Waals surface area (Å²) in [6.45, 7) is 1.38. The molecule has 2 aliphatic heterocycles. The van der Waals surface area contributed by atoms with Crippen LogP contribution in [0.2, 0.25) is 6.04 Å². The Bertz CT molecular complexity index is 442. The third-order valence-corrected chi connectivity index (χ3v) is 11.0. The Hall–Kier alpha value is 0.0738. The van der Waals surface area contributed by atoms with Crippen LogP contribution < -0.4 is 0 Å². The Labute approximate surface area is 176 Å². The van der Waals surface area contributed by atoms with E-state index in [4.69, 9.17) is 40.8 Å². The van der Waals surface area contributed by atoms with Crippen molar-refractivity contribution in [1.29, 1.82) is 0 Å². The van der Waals surface area contributed by atoms with Crippen LogP contribution in [0.25, 0.3) is 0 Å². The molecule has 4 unspecified atom stereocenters. The Morgan fingerprint density at radius 1 is 0.793 bits per heavy atom. The first kappa shape index (κ1) is 25.3. The zero-order valence-electron chi connectivity index (χ0n) is 18.6. The van der Waals surface area contributed by atoms with Crippen LogP contribution >= 0.6 is 0 Å². The fourth-order valence-electron chi connectivity index (χ4n) is 3.59. The van der Waals surface area contributed by atoms with Crippen LogP contribution in [0, 0.1) is 5.92 Å². The number of ether oxygens (including phenoxy) is 3. The van der Waals surface area contributed by atoms with Gasteiger partial charge < -0.3 is 40.8 Å². The zero-order valence-corrected chi connectivity index (χ0v) is 20.6. The van der Waals surface area contributed by atoms with E-state index in [1.807, 2.05) is 0 Å². The summed E-state index contributed by atoms with van der Waals surface area (Å²) in [6, 6.07) is 0.915. The number of hydrogen-bond donors (Lipinski definition) is 0. The molecule has 0 radical (unpaired) electrons. The highest BCUT2D eigenvalue weighted by Gasteiger charge is 2.45. The van der Waals surface area contributed by atoms with Crippen molar-refractivity contribution in [3.8, 4) is 0 Å². The maximum Gasteiger partial charge on any atom is 0.527 e. The fourth-order valence-corrected chi connectivity index (χ4v) is 6.69. The molecule has 0 spiro atoms. The minimum atomic E-state index is -2.53. The predicted octanol–water partition coefficient (Wildman–Crippen LogP) is 1.64. The lowest BCUT2D eigenvalue weighted by Crippen LogP contribution is -2.48. The average molecular weight is 455 g/mol. The third-order valence-electron chi connectivity index (χ3n) is 5.82. The molecule has 0 aromatic heterocycles. The second kappa shape index (κ2) is 12.2. The van der Waals surface area contributed by atoms with Crippen LogP contribution in [0.15, 0.2) is 0 Å². The molecule has 0 aromatic rings. The number of rotatable bonds is 13. The Morgan fingerprint density at radius 3 is 1.86 bits per heavy atom. The quantitative estimate of drug-likeness (QED) is 0.304. The highest BCUT2D eigenvalue weighted by Crippen LogP contribution is 2.41. The van der Waals surface area contributed by atoms with Crippen molar-refractivity contribution < 1.29 is 40.8 Å². The second-order valence-corrected chi connectivity index (χ2v) is 13.5. The van der Waals surface area contributed by atoms with Crippen molar-refractivity contribution in [3.05, 3.63) is 0 Å². The van der Waals surface area contributed by atoms with Gasteiger partial charge in [-0.1, -0.05) is 0 Å². The maximum absolute atomic E-state index is 5.54. The van der Waals surface area contributed by atoms with Gasteiger partial charge in [-0.25, -0.2) is 0 Å². The summed E-state index contributed by atoms with van der Waals surface area (Å²) in [6.07, 6.45) is 6.64. The topological polar surface area (TPSA) is 89.7 Å². The maximum atomic E-state index is 5.54. The molecular weight excluding hydrogens is 416 g/mol. The fraction of sp³-hybridized carbons (Fsp3) is 1.00. The summed E-state index contributed by atoms with van der Waals surface area (Å²) in [5.41, 5.74) is 0. The lowest BCUT2D eigenvalue weighted by atomic mass is 9.88. The van der Waals surface area contributed by atoms with Gasteiger partial charge in [0.25, 0.3) is 0 Å². The molecule has 1 aliphatic carbocycles. The van der Waals surface area contributed by atoms with E-state index in [0.717, 1.165) is 25.0 Å². The summed E-state index contributed by atoms with van der Waals surface area (Å²) < 4.78 is 47.7. The van der Waals surface area contributed by atoms with Crippen LogP contribution in [0.4, 0.5) is 0 Å². The largest absolute Gasteiger partial charge is 0.527 e. The van der Waals surface area contributed by atoms with E-state index in [1.54, 1.807) is 42.7 Å². The van der Waals surface area contributed by atoms with Gasteiger partial charge in [-0.3, -0.25) is 0 Å². The number of fused-ring (bicyclic) bond motifs is 1. The zero-order chi connectivity index (χ0) is 21.3. The molecule has 2 saturated heterocycles. The van der Waals surface area contributed by atoms with Crippen LogP contribution in [0.5, 0.6) is 0 Å². The van der Waals surface area contributed by atoms with Crippen LogP contribution in [0.3, 0.4) is 0 Å². The van der Waals surface area contributed by atoms with E-state index in [2.05, 4.69) is 0 Å². The lowest BCUT2D eigenvalue weighted by molar-refractivity contribution is 0.0584. The lowest BCUT2D eigenvalue weighted by Gasteiger charge is -2.27. The molecule has 29 heavy (non-hydrogen) atoms. The molecule has 172 valence electrons. The molecule has 1 saturated carbocycles. The van der Waals surface area contributed by atoms with Gasteiger partial charge in [0.15, 0.2) is 0 Å². The smallest absolute Gasteiger partial charge is 0.377 e. The monoisotopic (exact) mass is 454 g/mol. The molecule has 0 N–H and O–H groups in total. The van der Waals surface area contributed by atoms with Crippen molar-refractivity contribution in [2.24, 2.45) is 5.92 Å². The Kier molecular flexibility index (Phi) is 10.7. The van der Waals surface area contributed by atoms with Gasteiger partial charge in [-0.2, -0.15) is 0 Å². The minimum absolute atomic E-state index is 0.261. The highest BCUT2D eigenvalue weighted by molar-refractivity contribution is 6.60. The standard InChI is InChI=1S/C11H22O4Si.C7H16O5Si/c1-12-16(13-2,14-3)7-6-9-4-5-10-11(8-9)15-10;1-8-13(9-2,10-3)6-11-4-7-5-12-7/h9-11H,4-8H2,1-3H3;7H,4-6H2,1-3H3. The van der Waals surface area contributed by atoms with E-state index < -0.39 is 17.6 Å². The van der Waals surface area contributed by atoms with Gasteiger partial charge in [0, 0.05) is 48.7 Å². The molecule has 0 bridgehead atoms. The Morgan fingerprint density at radius 2 is 1.38 bits per heavy atom. The van der Waals surface area contributed by atoms with Gasteiger partial charge >= 0.3 is 17.6 Å². The summed E-state index contributed by atoms with van der Waals surface area (Å²) >= 11 is 0. The minimum Gasteiger partial charge on any atom is -0.377 e. The van der Waals surface area contributed by atoms with Crippen molar-refractivity contribution in [1.82, 2.24) is 0 Å². The molecule has 3 aliphatic rings. The van der Waals surface area contributed by atoms with Crippen molar-refractivity contribution in [3.63, 3.8) is 0 Å². The van der Waals surface area contributed by atoms with Crippen LogP contribution in [0.1, 0.15) is 25.7 Å². The van der Waals surface area contributed by atoms with Crippen LogP contribution in [-0.2, 0) is 40.8 Å². The van der Waals surface area contributed by atoms with E-state index in [1.165, 1.54) is 19.3 Å².